The summed E-state index contributed by atoms with van der Waals surface area (Å²) < 4.78 is 25.4. The van der Waals surface area contributed by atoms with Crippen molar-refractivity contribution in [2.45, 2.75) is 6.92 Å². The minimum absolute atomic E-state index is 0.203. The normalized spacial score (nSPS) is 10.0. The maximum Gasteiger partial charge on any atom is 0.249 e. The van der Waals surface area contributed by atoms with Crippen molar-refractivity contribution in [2.75, 3.05) is 20.3 Å². The zero-order valence-corrected chi connectivity index (χ0v) is 12.3. The molecule has 22 heavy (non-hydrogen) atoms. The van der Waals surface area contributed by atoms with Gasteiger partial charge >= 0.3 is 0 Å². The smallest absolute Gasteiger partial charge is 0.249 e. The van der Waals surface area contributed by atoms with Gasteiger partial charge in [-0.25, -0.2) is 9.07 Å². The molecule has 2 aromatic rings. The molecule has 1 aromatic carbocycles. The largest absolute Gasteiger partial charge is 0.473 e. The number of halogens is 1. The summed E-state index contributed by atoms with van der Waals surface area (Å²) in [6, 6.07) is 5.87. The maximum atomic E-state index is 13.6. The average Bonchev–Trinajstić information content (AvgIpc) is 2.83. The molecule has 0 aliphatic carbocycles. The Morgan fingerprint density at radius 2 is 2.14 bits per heavy atom. The summed E-state index contributed by atoms with van der Waals surface area (Å²) in [6.45, 7) is 2.45. The summed E-state index contributed by atoms with van der Waals surface area (Å²) >= 11 is 0. The molecule has 6 heteroatoms. The summed E-state index contributed by atoms with van der Waals surface area (Å²) in [5, 5.41) is 13.2. The molecule has 1 heterocycles. The molecule has 0 bridgehead atoms. The average molecular weight is 299 g/mol. The third kappa shape index (κ3) is 3.08. The Bertz CT molecular complexity index is 769. The number of terminal acetylenes is 1. The zero-order chi connectivity index (χ0) is 16.1. The number of benzene rings is 1. The molecular weight excluding hydrogens is 285 g/mol. The first-order valence-electron chi connectivity index (χ1n) is 6.49. The minimum atomic E-state index is -0.520. The highest BCUT2D eigenvalue weighted by Crippen LogP contribution is 2.24. The van der Waals surface area contributed by atoms with Crippen molar-refractivity contribution in [1.29, 1.82) is 5.26 Å². The standard InChI is InChI=1S/C16H14FN3O2/c1-4-15-11(2)20(19-16(15)22-6-5-21-3)14-8-12(10-18)7-13(17)9-14/h1,7-9H,5-6H2,2-3H3. The van der Waals surface area contributed by atoms with E-state index >= 15 is 0 Å². The van der Waals surface area contributed by atoms with Gasteiger partial charge in [0.15, 0.2) is 0 Å². The van der Waals surface area contributed by atoms with Gasteiger partial charge in [-0.2, -0.15) is 5.26 Å². The van der Waals surface area contributed by atoms with Crippen LogP contribution in [0, 0.1) is 36.4 Å². The van der Waals surface area contributed by atoms with Gasteiger partial charge in [-0.3, -0.25) is 0 Å². The molecule has 0 N–H and O–H groups in total. The van der Waals surface area contributed by atoms with Crippen LogP contribution in [0.1, 0.15) is 16.8 Å². The van der Waals surface area contributed by atoms with E-state index in [0.29, 0.717) is 30.2 Å². The van der Waals surface area contributed by atoms with Gasteiger partial charge in [0.25, 0.3) is 0 Å². The Morgan fingerprint density at radius 1 is 1.36 bits per heavy atom. The molecule has 0 spiro atoms. The Labute approximate surface area is 127 Å². The molecule has 0 saturated heterocycles. The van der Waals surface area contributed by atoms with E-state index < -0.39 is 5.82 Å². The van der Waals surface area contributed by atoms with Crippen LogP contribution in [0.4, 0.5) is 4.39 Å². The van der Waals surface area contributed by atoms with E-state index in [2.05, 4.69) is 11.0 Å². The molecule has 5 nitrogen and oxygen atoms in total. The number of ether oxygens (including phenoxy) is 2. The molecule has 2 rings (SSSR count). The Hall–Kier alpha value is -2.83. The molecule has 1 aromatic heterocycles. The van der Waals surface area contributed by atoms with Crippen LogP contribution in [0.25, 0.3) is 5.69 Å². The Balaban J connectivity index is 2.46. The van der Waals surface area contributed by atoms with Crippen molar-refractivity contribution in [3.63, 3.8) is 0 Å². The van der Waals surface area contributed by atoms with Crippen LogP contribution in [-0.2, 0) is 4.74 Å². The topological polar surface area (TPSA) is 60.1 Å². The van der Waals surface area contributed by atoms with Gasteiger partial charge in [0.05, 0.1) is 29.6 Å². The lowest BCUT2D eigenvalue weighted by Gasteiger charge is -2.05. The summed E-state index contributed by atoms with van der Waals surface area (Å²) in [7, 11) is 1.56. The molecular formula is C16H14FN3O2. The second kappa shape index (κ2) is 6.75. The molecule has 0 aliphatic rings. The van der Waals surface area contributed by atoms with Crippen LogP contribution in [0.15, 0.2) is 18.2 Å². The Kier molecular flexibility index (Phi) is 4.77. The van der Waals surface area contributed by atoms with Gasteiger partial charge in [0.1, 0.15) is 18.0 Å². The van der Waals surface area contributed by atoms with Crippen molar-refractivity contribution in [3.05, 3.63) is 40.8 Å². The molecule has 112 valence electrons. The summed E-state index contributed by atoms with van der Waals surface area (Å²) in [5.74, 6) is 2.27. The molecule has 0 atom stereocenters. The van der Waals surface area contributed by atoms with Crippen LogP contribution >= 0.6 is 0 Å². The summed E-state index contributed by atoms with van der Waals surface area (Å²) in [4.78, 5) is 0. The van der Waals surface area contributed by atoms with Crippen molar-refractivity contribution >= 4 is 0 Å². The van der Waals surface area contributed by atoms with Crippen LogP contribution in [0.3, 0.4) is 0 Å². The number of nitrogens with zero attached hydrogens (tertiary/aromatic N) is 3. The highest BCUT2D eigenvalue weighted by Gasteiger charge is 2.16. The second-order valence-electron chi connectivity index (χ2n) is 4.47. The number of hydrogen-bond donors (Lipinski definition) is 0. The van der Waals surface area contributed by atoms with E-state index in [9.17, 15) is 4.39 Å². The number of nitriles is 1. The van der Waals surface area contributed by atoms with E-state index in [0.717, 1.165) is 6.07 Å². The first kappa shape index (κ1) is 15.6. The quantitative estimate of drug-likeness (QED) is 0.627. The van der Waals surface area contributed by atoms with Crippen molar-refractivity contribution in [2.24, 2.45) is 0 Å². The van der Waals surface area contributed by atoms with Crippen molar-refractivity contribution in [3.8, 4) is 30.0 Å². The highest BCUT2D eigenvalue weighted by atomic mass is 19.1. The fourth-order valence-corrected chi connectivity index (χ4v) is 1.98. The monoisotopic (exact) mass is 299 g/mol. The molecule has 0 fully saturated rings. The van der Waals surface area contributed by atoms with E-state index in [1.54, 1.807) is 14.0 Å². The summed E-state index contributed by atoms with van der Waals surface area (Å²) in [6.07, 6.45) is 5.49. The summed E-state index contributed by atoms with van der Waals surface area (Å²) in [5.41, 5.74) is 1.73. The Morgan fingerprint density at radius 3 is 2.77 bits per heavy atom. The fraction of sp³-hybridized carbons (Fsp3) is 0.250. The van der Waals surface area contributed by atoms with Gasteiger partial charge in [-0.1, -0.05) is 5.92 Å². The first-order chi connectivity index (χ1) is 10.6. The second-order valence-corrected chi connectivity index (χ2v) is 4.47. The van der Waals surface area contributed by atoms with Gasteiger partial charge in [0, 0.05) is 7.11 Å². The van der Waals surface area contributed by atoms with Gasteiger partial charge < -0.3 is 9.47 Å². The molecule has 0 amide bonds. The number of rotatable bonds is 5. The lowest BCUT2D eigenvalue weighted by Crippen LogP contribution is -2.06. The molecule has 0 aliphatic heterocycles. The minimum Gasteiger partial charge on any atom is -0.473 e. The van der Waals surface area contributed by atoms with Crippen LogP contribution in [0.5, 0.6) is 5.88 Å². The third-order valence-corrected chi connectivity index (χ3v) is 3.01. The van der Waals surface area contributed by atoms with Gasteiger partial charge in [0.2, 0.25) is 5.88 Å². The van der Waals surface area contributed by atoms with E-state index in [1.807, 2.05) is 6.07 Å². The molecule has 0 saturated carbocycles. The third-order valence-electron chi connectivity index (χ3n) is 3.01. The van der Waals surface area contributed by atoms with Gasteiger partial charge in [-0.15, -0.1) is 11.5 Å². The SMILES string of the molecule is C#Cc1c(OCCOC)nn(-c2cc(F)cc(C#N)c2)c1C. The predicted octanol–water partition coefficient (Wildman–Crippen LogP) is 2.20. The van der Waals surface area contributed by atoms with Gasteiger partial charge in [-0.05, 0) is 25.1 Å². The number of methoxy groups -OCH3 is 1. The highest BCUT2D eigenvalue weighted by molar-refractivity contribution is 5.49. The van der Waals surface area contributed by atoms with E-state index in [-0.39, 0.29) is 11.4 Å². The number of aromatic nitrogens is 2. The first-order valence-corrected chi connectivity index (χ1v) is 6.49. The lowest BCUT2D eigenvalue weighted by atomic mass is 10.2. The van der Waals surface area contributed by atoms with Crippen LogP contribution in [0.2, 0.25) is 0 Å². The van der Waals surface area contributed by atoms with Crippen molar-refractivity contribution < 1.29 is 13.9 Å². The molecule has 0 radical (unpaired) electrons. The van der Waals surface area contributed by atoms with E-state index in [4.69, 9.17) is 21.2 Å². The van der Waals surface area contributed by atoms with Crippen LogP contribution in [-0.4, -0.2) is 30.1 Å². The maximum absolute atomic E-state index is 13.6. The zero-order valence-electron chi connectivity index (χ0n) is 12.3. The molecule has 0 unspecified atom stereocenters. The van der Waals surface area contributed by atoms with Crippen LogP contribution < -0.4 is 4.74 Å². The van der Waals surface area contributed by atoms with E-state index in [1.165, 1.54) is 16.8 Å². The van der Waals surface area contributed by atoms with Crippen molar-refractivity contribution in [1.82, 2.24) is 9.78 Å². The lowest BCUT2D eigenvalue weighted by molar-refractivity contribution is 0.143. The fourth-order valence-electron chi connectivity index (χ4n) is 1.98. The number of hydrogen-bond acceptors (Lipinski definition) is 4. The predicted molar refractivity (Wildman–Crippen MR) is 78.3 cm³/mol.